The summed E-state index contributed by atoms with van der Waals surface area (Å²) < 4.78 is 34.5. The van der Waals surface area contributed by atoms with Crippen molar-refractivity contribution in [1.29, 1.82) is 0 Å². The van der Waals surface area contributed by atoms with Gasteiger partial charge in [0, 0.05) is 35.6 Å². The van der Waals surface area contributed by atoms with Crippen molar-refractivity contribution in [2.45, 2.75) is 18.9 Å². The summed E-state index contributed by atoms with van der Waals surface area (Å²) in [4.78, 5) is 12.0. The molecule has 1 atom stereocenters. The highest BCUT2D eigenvalue weighted by molar-refractivity contribution is 14.1. The number of ether oxygens (including phenoxy) is 1. The van der Waals surface area contributed by atoms with Crippen LogP contribution in [0.3, 0.4) is 0 Å². The van der Waals surface area contributed by atoms with Crippen molar-refractivity contribution in [3.63, 3.8) is 0 Å². The molecule has 158 valence electrons. The number of amides is 1. The zero-order valence-electron chi connectivity index (χ0n) is 15.6. The van der Waals surface area contributed by atoms with Crippen LogP contribution in [0.15, 0.2) is 30.3 Å². The van der Waals surface area contributed by atoms with E-state index in [9.17, 15) is 18.7 Å². The Bertz CT molecular complexity index is 851. The monoisotopic (exact) mass is 520 g/mol. The minimum absolute atomic E-state index is 0.0164. The lowest BCUT2D eigenvalue weighted by molar-refractivity contribution is 0.0993. The summed E-state index contributed by atoms with van der Waals surface area (Å²) >= 11 is 1.98. The molecule has 5 N–H and O–H groups in total. The minimum Gasteiger partial charge on any atom is -0.493 e. The molecule has 2 aromatic carbocycles. The van der Waals surface area contributed by atoms with Gasteiger partial charge in [-0.1, -0.05) is 6.07 Å². The van der Waals surface area contributed by atoms with Gasteiger partial charge in [0.1, 0.15) is 17.4 Å². The third kappa shape index (κ3) is 7.18. The number of carbonyl (C=O) groups excluding carboxylic acids is 1. The lowest BCUT2D eigenvalue weighted by atomic mass is 9.98. The molecule has 0 saturated carbocycles. The molecular formula is C20H23F2IN2O4. The van der Waals surface area contributed by atoms with E-state index < -0.39 is 23.6 Å². The fraction of sp³-hybridized carbons (Fsp3) is 0.350. The largest absolute Gasteiger partial charge is 0.493 e. The number of nitrogens with two attached hydrogens (primary N) is 1. The van der Waals surface area contributed by atoms with Crippen LogP contribution in [0.25, 0.3) is 0 Å². The molecule has 0 aliphatic heterocycles. The Balaban J connectivity index is 2.17. The maximum atomic E-state index is 14.2. The molecule has 0 aromatic heterocycles. The third-order valence-corrected chi connectivity index (χ3v) is 4.84. The van der Waals surface area contributed by atoms with Crippen LogP contribution in [-0.2, 0) is 6.42 Å². The molecule has 1 amide bonds. The predicted octanol–water partition coefficient (Wildman–Crippen LogP) is 1.97. The first kappa shape index (κ1) is 23.5. The number of halogens is 3. The van der Waals surface area contributed by atoms with Gasteiger partial charge >= 0.3 is 0 Å². The van der Waals surface area contributed by atoms with Gasteiger partial charge in [-0.15, -0.1) is 0 Å². The van der Waals surface area contributed by atoms with E-state index in [0.29, 0.717) is 15.7 Å². The molecule has 0 saturated heterocycles. The van der Waals surface area contributed by atoms with E-state index in [4.69, 9.17) is 15.6 Å². The van der Waals surface area contributed by atoms with Crippen molar-refractivity contribution in [2.75, 3.05) is 26.3 Å². The van der Waals surface area contributed by atoms with Crippen molar-refractivity contribution >= 4 is 28.5 Å². The van der Waals surface area contributed by atoms with Crippen molar-refractivity contribution in [1.82, 2.24) is 5.32 Å². The first-order valence-electron chi connectivity index (χ1n) is 9.00. The molecule has 0 radical (unpaired) electrons. The zero-order chi connectivity index (χ0) is 21.4. The van der Waals surface area contributed by atoms with E-state index in [-0.39, 0.29) is 49.5 Å². The van der Waals surface area contributed by atoms with Crippen molar-refractivity contribution in [3.05, 3.63) is 62.2 Å². The average Bonchev–Trinajstić information content (AvgIpc) is 2.63. The number of benzene rings is 2. The molecule has 9 heteroatoms. The van der Waals surface area contributed by atoms with Crippen LogP contribution in [0, 0.1) is 15.2 Å². The second-order valence-corrected chi connectivity index (χ2v) is 7.68. The fourth-order valence-corrected chi connectivity index (χ4v) is 3.25. The Kier molecular flexibility index (Phi) is 9.21. The fourth-order valence-electron chi connectivity index (χ4n) is 2.79. The van der Waals surface area contributed by atoms with Crippen LogP contribution in [0.2, 0.25) is 0 Å². The maximum Gasteiger partial charge on any atom is 0.252 e. The van der Waals surface area contributed by atoms with E-state index in [0.717, 1.165) is 12.1 Å². The van der Waals surface area contributed by atoms with Gasteiger partial charge in [-0.3, -0.25) is 4.79 Å². The molecule has 2 rings (SSSR count). The van der Waals surface area contributed by atoms with Gasteiger partial charge in [-0.05, 0) is 51.9 Å². The summed E-state index contributed by atoms with van der Waals surface area (Å²) in [6.45, 7) is 0.584. The molecule has 6 nitrogen and oxygen atoms in total. The van der Waals surface area contributed by atoms with Gasteiger partial charge in [-0.25, -0.2) is 8.78 Å². The van der Waals surface area contributed by atoms with E-state index in [1.165, 1.54) is 6.07 Å². The van der Waals surface area contributed by atoms with Crippen molar-refractivity contribution in [2.24, 2.45) is 5.73 Å². The van der Waals surface area contributed by atoms with Crippen LogP contribution in [0.1, 0.15) is 27.9 Å². The maximum absolute atomic E-state index is 14.2. The van der Waals surface area contributed by atoms with E-state index >= 15 is 0 Å². The number of hydrogen-bond donors (Lipinski definition) is 4. The van der Waals surface area contributed by atoms with Crippen molar-refractivity contribution < 1.29 is 28.5 Å². The van der Waals surface area contributed by atoms with Crippen LogP contribution >= 0.6 is 22.6 Å². The summed E-state index contributed by atoms with van der Waals surface area (Å²) in [5.41, 5.74) is 5.98. The van der Waals surface area contributed by atoms with Gasteiger partial charge in [-0.2, -0.15) is 0 Å². The molecule has 29 heavy (non-hydrogen) atoms. The standard InChI is InChI=1S/C20H23F2IN2O4/c21-14-8-13(7-12-1-2-15(23)10-17(12)22)19(20(24)28)18(9-14)29-6-3-16(27)11-25-4-5-26/h1-2,8-10,16,25-27H,3-7,11H2,(H2,24,28)/t16-/m1/s1. The van der Waals surface area contributed by atoms with Crippen LogP contribution in [0.4, 0.5) is 8.78 Å². The number of hydrogen-bond acceptors (Lipinski definition) is 5. The topological polar surface area (TPSA) is 105 Å². The first-order valence-corrected chi connectivity index (χ1v) is 10.1. The smallest absolute Gasteiger partial charge is 0.252 e. The Labute approximate surface area is 181 Å². The highest BCUT2D eigenvalue weighted by Gasteiger charge is 2.19. The normalized spacial score (nSPS) is 12.0. The Hall–Kier alpha value is -1.82. The molecule has 0 bridgehead atoms. The average molecular weight is 520 g/mol. The molecule has 0 heterocycles. The predicted molar refractivity (Wildman–Crippen MR) is 113 cm³/mol. The Morgan fingerprint density at radius 1 is 1.24 bits per heavy atom. The quantitative estimate of drug-likeness (QED) is 0.268. The molecule has 2 aromatic rings. The van der Waals surface area contributed by atoms with E-state index in [1.54, 1.807) is 12.1 Å². The highest BCUT2D eigenvalue weighted by atomic mass is 127. The van der Waals surface area contributed by atoms with Gasteiger partial charge in [0.25, 0.3) is 5.91 Å². The Morgan fingerprint density at radius 2 is 2.00 bits per heavy atom. The van der Waals surface area contributed by atoms with E-state index in [1.807, 2.05) is 22.6 Å². The van der Waals surface area contributed by atoms with Crippen LogP contribution in [0.5, 0.6) is 5.75 Å². The van der Waals surface area contributed by atoms with Gasteiger partial charge in [0.2, 0.25) is 0 Å². The molecule has 0 fully saturated rings. The summed E-state index contributed by atoms with van der Waals surface area (Å²) in [5.74, 6) is -1.96. The highest BCUT2D eigenvalue weighted by Crippen LogP contribution is 2.27. The number of aliphatic hydroxyl groups excluding tert-OH is 2. The molecule has 0 spiro atoms. The molecular weight excluding hydrogens is 497 g/mol. The number of rotatable bonds is 11. The second kappa shape index (κ2) is 11.4. The molecule has 0 unspecified atom stereocenters. The zero-order valence-corrected chi connectivity index (χ0v) is 17.8. The number of carbonyl (C=O) groups is 1. The SMILES string of the molecule is NC(=O)c1c(Cc2ccc(I)cc2F)cc(F)cc1OCC[C@@H](O)CNCCO. The number of nitrogens with one attached hydrogen (secondary N) is 1. The summed E-state index contributed by atoms with van der Waals surface area (Å²) in [7, 11) is 0. The van der Waals surface area contributed by atoms with Gasteiger partial charge in [0.15, 0.2) is 0 Å². The third-order valence-electron chi connectivity index (χ3n) is 4.17. The van der Waals surface area contributed by atoms with Gasteiger partial charge in [0.05, 0.1) is 24.9 Å². The van der Waals surface area contributed by atoms with Gasteiger partial charge < -0.3 is 26.0 Å². The van der Waals surface area contributed by atoms with Crippen LogP contribution in [-0.4, -0.2) is 48.5 Å². The summed E-state index contributed by atoms with van der Waals surface area (Å²) in [6, 6.07) is 6.82. The molecule has 0 aliphatic rings. The van der Waals surface area contributed by atoms with E-state index in [2.05, 4.69) is 5.32 Å². The second-order valence-electron chi connectivity index (χ2n) is 6.43. The number of primary amides is 1. The summed E-state index contributed by atoms with van der Waals surface area (Å²) in [6.07, 6.45) is -0.552. The van der Waals surface area contributed by atoms with Crippen molar-refractivity contribution in [3.8, 4) is 5.75 Å². The lowest BCUT2D eigenvalue weighted by Gasteiger charge is -2.16. The Morgan fingerprint density at radius 3 is 2.66 bits per heavy atom. The molecule has 0 aliphatic carbocycles. The van der Waals surface area contributed by atoms with Crippen LogP contribution < -0.4 is 15.8 Å². The summed E-state index contributed by atoms with van der Waals surface area (Å²) in [5, 5.41) is 21.4. The number of aliphatic hydroxyl groups is 2. The minimum atomic E-state index is -0.814. The first-order chi connectivity index (χ1) is 13.8. The lowest BCUT2D eigenvalue weighted by Crippen LogP contribution is -2.30.